The molecule has 1 heterocycles. The number of carbonyl (C=O) groups excluding carboxylic acids is 2. The Hall–Kier alpha value is -2.25. The van der Waals surface area contributed by atoms with Crippen molar-refractivity contribution in [2.75, 3.05) is 11.9 Å². The van der Waals surface area contributed by atoms with Gasteiger partial charge in [-0.25, -0.2) is 4.98 Å². The first-order valence-corrected chi connectivity index (χ1v) is 9.33. The number of aryl methyl sites for hydroxylation is 1. The van der Waals surface area contributed by atoms with Crippen molar-refractivity contribution in [3.8, 4) is 0 Å². The van der Waals surface area contributed by atoms with Crippen LogP contribution in [0.5, 0.6) is 0 Å². The van der Waals surface area contributed by atoms with Crippen molar-refractivity contribution in [3.63, 3.8) is 0 Å². The molecule has 2 aromatic carbocycles. The molecular weight excluding hydrogens is 402 g/mol. The van der Waals surface area contributed by atoms with Crippen molar-refractivity contribution in [1.82, 2.24) is 10.3 Å². The van der Waals surface area contributed by atoms with Crippen LogP contribution in [0.4, 0.5) is 5.13 Å². The standard InChI is InChI=1S/C18H16BrN3O2S/c1-11-3-2-4-14-16(11)22-18(25-14)21-15(23)9-10-20-17(24)12-5-7-13(19)8-6-12/h2-8H,9-10H2,1H3,(H,20,24)(H,21,22,23). The average Bonchev–Trinajstić information content (AvgIpc) is 2.99. The number of anilines is 1. The van der Waals surface area contributed by atoms with Gasteiger partial charge < -0.3 is 10.6 Å². The minimum Gasteiger partial charge on any atom is -0.352 e. The zero-order valence-electron chi connectivity index (χ0n) is 13.5. The van der Waals surface area contributed by atoms with Crippen molar-refractivity contribution in [2.45, 2.75) is 13.3 Å². The predicted molar refractivity (Wildman–Crippen MR) is 104 cm³/mol. The number of amides is 2. The number of fused-ring (bicyclic) bond motifs is 1. The Bertz CT molecular complexity index is 922. The minimum atomic E-state index is -0.198. The third-order valence-corrected chi connectivity index (χ3v) is 5.08. The molecule has 5 nitrogen and oxygen atoms in total. The Morgan fingerprint density at radius 1 is 1.16 bits per heavy atom. The molecule has 0 fully saturated rings. The Kier molecular flexibility index (Phi) is 5.45. The number of hydrogen-bond acceptors (Lipinski definition) is 4. The molecule has 0 spiro atoms. The lowest BCUT2D eigenvalue weighted by molar-refractivity contribution is -0.116. The van der Waals surface area contributed by atoms with Crippen LogP contribution >= 0.6 is 27.3 Å². The molecule has 0 aliphatic rings. The summed E-state index contributed by atoms with van der Waals surface area (Å²) in [6.07, 6.45) is 0.192. The van der Waals surface area contributed by atoms with E-state index in [-0.39, 0.29) is 24.8 Å². The van der Waals surface area contributed by atoms with Gasteiger partial charge in [-0.05, 0) is 42.8 Å². The zero-order valence-corrected chi connectivity index (χ0v) is 15.9. The van der Waals surface area contributed by atoms with Crippen molar-refractivity contribution in [3.05, 3.63) is 58.1 Å². The van der Waals surface area contributed by atoms with Crippen molar-refractivity contribution >= 4 is 54.4 Å². The number of nitrogens with one attached hydrogen (secondary N) is 2. The molecule has 0 unspecified atom stereocenters. The Morgan fingerprint density at radius 2 is 1.92 bits per heavy atom. The SMILES string of the molecule is Cc1cccc2sc(NC(=O)CCNC(=O)c3ccc(Br)cc3)nc12. The summed E-state index contributed by atoms with van der Waals surface area (Å²) in [6, 6.07) is 13.0. The normalized spacial score (nSPS) is 10.6. The number of halogens is 1. The van der Waals surface area contributed by atoms with Gasteiger partial charge in [0.1, 0.15) is 0 Å². The van der Waals surface area contributed by atoms with Gasteiger partial charge in [0.05, 0.1) is 10.2 Å². The van der Waals surface area contributed by atoms with Crippen LogP contribution in [-0.4, -0.2) is 23.3 Å². The second kappa shape index (κ2) is 7.76. The first kappa shape index (κ1) is 17.6. The number of carbonyl (C=O) groups is 2. The van der Waals surface area contributed by atoms with E-state index in [1.807, 2.05) is 25.1 Å². The van der Waals surface area contributed by atoms with E-state index < -0.39 is 0 Å². The summed E-state index contributed by atoms with van der Waals surface area (Å²) in [6.45, 7) is 2.26. The zero-order chi connectivity index (χ0) is 17.8. The summed E-state index contributed by atoms with van der Waals surface area (Å²) in [7, 11) is 0. The van der Waals surface area contributed by atoms with Crippen LogP contribution in [0.15, 0.2) is 46.9 Å². The summed E-state index contributed by atoms with van der Waals surface area (Å²) in [4.78, 5) is 28.5. The van der Waals surface area contributed by atoms with E-state index >= 15 is 0 Å². The maximum absolute atomic E-state index is 12.0. The van der Waals surface area contributed by atoms with Gasteiger partial charge in [-0.15, -0.1) is 0 Å². The lowest BCUT2D eigenvalue weighted by Gasteiger charge is -2.05. The fraction of sp³-hybridized carbons (Fsp3) is 0.167. The van der Waals surface area contributed by atoms with Gasteiger partial charge >= 0.3 is 0 Å². The molecule has 0 aliphatic carbocycles. The highest BCUT2D eigenvalue weighted by Crippen LogP contribution is 2.27. The summed E-state index contributed by atoms with van der Waals surface area (Å²) >= 11 is 4.77. The van der Waals surface area contributed by atoms with E-state index in [4.69, 9.17) is 0 Å². The molecule has 1 aromatic heterocycles. The fourth-order valence-electron chi connectivity index (χ4n) is 2.31. The molecule has 0 saturated carbocycles. The van der Waals surface area contributed by atoms with E-state index in [1.54, 1.807) is 24.3 Å². The van der Waals surface area contributed by atoms with Gasteiger partial charge in [-0.3, -0.25) is 9.59 Å². The molecule has 0 atom stereocenters. The second-order valence-corrected chi connectivity index (χ2v) is 7.45. The van der Waals surface area contributed by atoms with Gasteiger partial charge in [0.15, 0.2) is 5.13 Å². The number of nitrogens with zero attached hydrogens (tertiary/aromatic N) is 1. The lowest BCUT2D eigenvalue weighted by atomic mass is 10.2. The van der Waals surface area contributed by atoms with Crippen molar-refractivity contribution < 1.29 is 9.59 Å². The van der Waals surface area contributed by atoms with E-state index in [9.17, 15) is 9.59 Å². The maximum atomic E-state index is 12.0. The van der Waals surface area contributed by atoms with Gasteiger partial charge in [-0.1, -0.05) is 39.4 Å². The smallest absolute Gasteiger partial charge is 0.251 e. The molecule has 3 aromatic rings. The third-order valence-electron chi connectivity index (χ3n) is 3.61. The van der Waals surface area contributed by atoms with Crippen LogP contribution < -0.4 is 10.6 Å². The highest BCUT2D eigenvalue weighted by molar-refractivity contribution is 9.10. The number of hydrogen-bond donors (Lipinski definition) is 2. The first-order valence-electron chi connectivity index (χ1n) is 7.73. The quantitative estimate of drug-likeness (QED) is 0.655. The van der Waals surface area contributed by atoms with Crippen LogP contribution in [-0.2, 0) is 4.79 Å². The summed E-state index contributed by atoms with van der Waals surface area (Å²) in [5.41, 5.74) is 2.55. The molecule has 0 radical (unpaired) electrons. The van der Waals surface area contributed by atoms with E-state index in [0.717, 1.165) is 20.3 Å². The van der Waals surface area contributed by atoms with E-state index in [1.165, 1.54) is 11.3 Å². The van der Waals surface area contributed by atoms with E-state index in [2.05, 4.69) is 31.5 Å². The van der Waals surface area contributed by atoms with Gasteiger partial charge in [0, 0.05) is 23.0 Å². The van der Waals surface area contributed by atoms with E-state index in [0.29, 0.717) is 10.7 Å². The molecule has 0 aliphatic heterocycles. The summed E-state index contributed by atoms with van der Waals surface area (Å²) in [5.74, 6) is -0.372. The number of rotatable bonds is 5. The van der Waals surface area contributed by atoms with Crippen molar-refractivity contribution in [2.24, 2.45) is 0 Å². The van der Waals surface area contributed by atoms with Crippen LogP contribution in [0.1, 0.15) is 22.3 Å². The highest BCUT2D eigenvalue weighted by Gasteiger charge is 2.10. The van der Waals surface area contributed by atoms with Gasteiger partial charge in [0.2, 0.25) is 5.91 Å². The number of thiazole rings is 1. The third kappa shape index (κ3) is 4.43. The Balaban J connectivity index is 1.51. The van der Waals surface area contributed by atoms with Crippen LogP contribution in [0.2, 0.25) is 0 Å². The van der Waals surface area contributed by atoms with Crippen LogP contribution in [0.25, 0.3) is 10.2 Å². The highest BCUT2D eigenvalue weighted by atomic mass is 79.9. The van der Waals surface area contributed by atoms with Gasteiger partial charge in [0.25, 0.3) is 5.91 Å². The number of benzene rings is 2. The monoisotopic (exact) mass is 417 g/mol. The Labute approximate surface area is 157 Å². The van der Waals surface area contributed by atoms with Crippen LogP contribution in [0.3, 0.4) is 0 Å². The summed E-state index contributed by atoms with van der Waals surface area (Å²) in [5, 5.41) is 6.11. The van der Waals surface area contributed by atoms with Crippen LogP contribution in [0, 0.1) is 6.92 Å². The lowest BCUT2D eigenvalue weighted by Crippen LogP contribution is -2.27. The number of para-hydroxylation sites is 1. The molecule has 25 heavy (non-hydrogen) atoms. The molecule has 3 rings (SSSR count). The first-order chi connectivity index (χ1) is 12.0. The fourth-order valence-corrected chi connectivity index (χ4v) is 3.54. The molecular formula is C18H16BrN3O2S. The molecule has 128 valence electrons. The maximum Gasteiger partial charge on any atom is 0.251 e. The second-order valence-electron chi connectivity index (χ2n) is 5.50. The molecule has 2 amide bonds. The molecule has 2 N–H and O–H groups in total. The topological polar surface area (TPSA) is 71.1 Å². The molecule has 7 heteroatoms. The Morgan fingerprint density at radius 3 is 2.64 bits per heavy atom. The summed E-state index contributed by atoms with van der Waals surface area (Å²) < 4.78 is 1.95. The minimum absolute atomic E-state index is 0.173. The average molecular weight is 418 g/mol. The largest absolute Gasteiger partial charge is 0.352 e. The number of aromatic nitrogens is 1. The van der Waals surface area contributed by atoms with Crippen molar-refractivity contribution in [1.29, 1.82) is 0 Å². The molecule has 0 bridgehead atoms. The molecule has 0 saturated heterocycles. The predicted octanol–water partition coefficient (Wildman–Crippen LogP) is 4.13. The van der Waals surface area contributed by atoms with Gasteiger partial charge in [-0.2, -0.15) is 0 Å².